The van der Waals surface area contributed by atoms with Crippen molar-refractivity contribution in [1.82, 2.24) is 0 Å². The second-order valence-electron chi connectivity index (χ2n) is 3.34. The molecule has 0 atom stereocenters. The molecule has 0 aliphatic rings. The Labute approximate surface area is 109 Å². The molecule has 2 aromatic carbocycles. The van der Waals surface area contributed by atoms with Crippen LogP contribution in [0.2, 0.25) is 10.0 Å². The largest absolute Gasteiger partial charge is 0.298 e. The maximum atomic E-state index is 11.7. The van der Waals surface area contributed by atoms with Gasteiger partial charge < -0.3 is 0 Å². The fourth-order valence-electron chi connectivity index (χ4n) is 1.54. The van der Waals surface area contributed by atoms with Crippen LogP contribution in [0.15, 0.2) is 35.2 Å². The molecule has 0 N–H and O–H groups in total. The molecule has 0 radical (unpaired) electrons. The monoisotopic (exact) mass is 290 g/mol. The number of hydrogen-bond donors (Lipinski definition) is 0. The van der Waals surface area contributed by atoms with Crippen molar-refractivity contribution in [2.75, 3.05) is 7.11 Å². The Kier molecular flexibility index (Phi) is 3.32. The molecule has 0 amide bonds. The first-order valence-corrected chi connectivity index (χ1v) is 6.81. The molecule has 0 saturated heterocycles. The first-order valence-electron chi connectivity index (χ1n) is 4.65. The van der Waals surface area contributed by atoms with E-state index in [1.807, 2.05) is 0 Å². The summed E-state index contributed by atoms with van der Waals surface area (Å²) in [5.74, 6) is 0. The molecule has 90 valence electrons. The van der Waals surface area contributed by atoms with E-state index in [0.717, 1.165) is 7.11 Å². The predicted octanol–water partition coefficient (Wildman–Crippen LogP) is 3.48. The number of rotatable bonds is 2. The van der Waals surface area contributed by atoms with Crippen molar-refractivity contribution in [1.29, 1.82) is 0 Å². The van der Waals surface area contributed by atoms with Gasteiger partial charge in [0.25, 0.3) is 10.1 Å². The summed E-state index contributed by atoms with van der Waals surface area (Å²) in [7, 11) is -2.78. The first-order chi connectivity index (χ1) is 7.97. The van der Waals surface area contributed by atoms with E-state index >= 15 is 0 Å². The standard InChI is InChI=1S/C11H8Cl2O3S/c1-16-17(14,15)10-6-9(12)7-4-2-3-5-8(7)11(10)13/h2-6H,1H3. The molecule has 0 aromatic heterocycles. The second-order valence-corrected chi connectivity index (χ2v) is 5.80. The smallest absolute Gasteiger partial charge is 0.270 e. The van der Waals surface area contributed by atoms with Crippen LogP contribution in [0, 0.1) is 0 Å². The summed E-state index contributed by atoms with van der Waals surface area (Å²) < 4.78 is 27.7. The van der Waals surface area contributed by atoms with E-state index < -0.39 is 10.1 Å². The maximum absolute atomic E-state index is 11.7. The number of fused-ring (bicyclic) bond motifs is 1. The predicted molar refractivity (Wildman–Crippen MR) is 68.2 cm³/mol. The van der Waals surface area contributed by atoms with Crippen molar-refractivity contribution in [3.05, 3.63) is 40.4 Å². The van der Waals surface area contributed by atoms with Gasteiger partial charge in [0.2, 0.25) is 0 Å². The summed E-state index contributed by atoms with van der Waals surface area (Å²) in [5, 5.41) is 1.72. The molecule has 2 rings (SSSR count). The minimum absolute atomic E-state index is 0.117. The average molecular weight is 291 g/mol. The van der Waals surface area contributed by atoms with E-state index in [0.29, 0.717) is 15.8 Å². The van der Waals surface area contributed by atoms with Gasteiger partial charge in [0.05, 0.1) is 12.1 Å². The zero-order chi connectivity index (χ0) is 12.6. The van der Waals surface area contributed by atoms with Crippen molar-refractivity contribution in [2.24, 2.45) is 0 Å². The summed E-state index contributed by atoms with van der Waals surface area (Å²) in [4.78, 5) is -0.120. The molecule has 0 bridgehead atoms. The number of hydrogen-bond acceptors (Lipinski definition) is 3. The fraction of sp³-hybridized carbons (Fsp3) is 0.0909. The summed E-state index contributed by atoms with van der Waals surface area (Å²) in [6.45, 7) is 0. The van der Waals surface area contributed by atoms with E-state index in [1.54, 1.807) is 24.3 Å². The summed E-state index contributed by atoms with van der Waals surface area (Å²) >= 11 is 12.1. The van der Waals surface area contributed by atoms with Crippen LogP contribution in [0.5, 0.6) is 0 Å². The minimum Gasteiger partial charge on any atom is -0.270 e. The van der Waals surface area contributed by atoms with E-state index in [9.17, 15) is 8.42 Å². The SMILES string of the molecule is COS(=O)(=O)c1cc(Cl)c2ccccc2c1Cl. The zero-order valence-corrected chi connectivity index (χ0v) is 11.1. The van der Waals surface area contributed by atoms with Crippen LogP contribution in [-0.4, -0.2) is 15.5 Å². The van der Waals surface area contributed by atoms with Gasteiger partial charge in [-0.05, 0) is 6.07 Å². The highest BCUT2D eigenvalue weighted by atomic mass is 35.5. The van der Waals surface area contributed by atoms with E-state index in [2.05, 4.69) is 4.18 Å². The Morgan fingerprint density at radius 2 is 1.71 bits per heavy atom. The van der Waals surface area contributed by atoms with Crippen molar-refractivity contribution in [3.8, 4) is 0 Å². The highest BCUT2D eigenvalue weighted by Gasteiger charge is 2.20. The molecule has 6 heteroatoms. The van der Waals surface area contributed by atoms with Crippen LogP contribution < -0.4 is 0 Å². The fourth-order valence-corrected chi connectivity index (χ4v) is 3.16. The highest BCUT2D eigenvalue weighted by molar-refractivity contribution is 7.86. The van der Waals surface area contributed by atoms with Crippen LogP contribution in [0.4, 0.5) is 0 Å². The van der Waals surface area contributed by atoms with E-state index in [1.165, 1.54) is 6.07 Å². The van der Waals surface area contributed by atoms with Gasteiger partial charge in [-0.15, -0.1) is 0 Å². The maximum Gasteiger partial charge on any atom is 0.298 e. The van der Waals surface area contributed by atoms with Gasteiger partial charge in [-0.1, -0.05) is 47.5 Å². The van der Waals surface area contributed by atoms with Crippen molar-refractivity contribution >= 4 is 44.1 Å². The molecular formula is C11H8Cl2O3S. The molecule has 0 fully saturated rings. The lowest BCUT2D eigenvalue weighted by molar-refractivity contribution is 0.398. The lowest BCUT2D eigenvalue weighted by atomic mass is 10.1. The van der Waals surface area contributed by atoms with E-state index in [-0.39, 0.29) is 9.92 Å². The topological polar surface area (TPSA) is 43.4 Å². The summed E-state index contributed by atoms with van der Waals surface area (Å²) in [6, 6.07) is 8.33. The Hall–Kier alpha value is -0.810. The van der Waals surface area contributed by atoms with Crippen LogP contribution in [0.3, 0.4) is 0 Å². The molecule has 0 saturated carbocycles. The normalized spacial score (nSPS) is 11.9. The Morgan fingerprint density at radius 1 is 1.12 bits per heavy atom. The van der Waals surface area contributed by atoms with E-state index in [4.69, 9.17) is 23.2 Å². The molecule has 0 heterocycles. The van der Waals surface area contributed by atoms with Gasteiger partial charge >= 0.3 is 0 Å². The van der Waals surface area contributed by atoms with Gasteiger partial charge in [0, 0.05) is 15.8 Å². The van der Waals surface area contributed by atoms with Gasteiger partial charge in [-0.2, -0.15) is 8.42 Å². The van der Waals surface area contributed by atoms with Gasteiger partial charge in [0.1, 0.15) is 4.90 Å². The molecule has 3 nitrogen and oxygen atoms in total. The van der Waals surface area contributed by atoms with Crippen molar-refractivity contribution in [2.45, 2.75) is 4.90 Å². The zero-order valence-electron chi connectivity index (χ0n) is 8.78. The highest BCUT2D eigenvalue weighted by Crippen LogP contribution is 2.35. The third kappa shape index (κ3) is 2.13. The Balaban J connectivity index is 2.90. The first kappa shape index (κ1) is 12.6. The lowest BCUT2D eigenvalue weighted by Crippen LogP contribution is -2.04. The summed E-state index contributed by atoms with van der Waals surface area (Å²) in [6.07, 6.45) is 0. The quantitative estimate of drug-likeness (QED) is 0.796. The lowest BCUT2D eigenvalue weighted by Gasteiger charge is -2.08. The number of halogens is 2. The average Bonchev–Trinajstić information content (AvgIpc) is 2.33. The molecular weight excluding hydrogens is 283 g/mol. The van der Waals surface area contributed by atoms with Gasteiger partial charge in [0.15, 0.2) is 0 Å². The van der Waals surface area contributed by atoms with Crippen LogP contribution >= 0.6 is 23.2 Å². The third-order valence-electron chi connectivity index (χ3n) is 2.38. The molecule has 17 heavy (non-hydrogen) atoms. The van der Waals surface area contributed by atoms with Crippen molar-refractivity contribution < 1.29 is 12.6 Å². The van der Waals surface area contributed by atoms with Gasteiger partial charge in [-0.3, -0.25) is 4.18 Å². The molecule has 0 aliphatic carbocycles. The summed E-state index contributed by atoms with van der Waals surface area (Å²) in [5.41, 5.74) is 0. The molecule has 0 spiro atoms. The van der Waals surface area contributed by atoms with Crippen LogP contribution in [0.25, 0.3) is 10.8 Å². The Morgan fingerprint density at radius 3 is 2.29 bits per heavy atom. The van der Waals surface area contributed by atoms with Crippen molar-refractivity contribution in [3.63, 3.8) is 0 Å². The molecule has 0 unspecified atom stereocenters. The van der Waals surface area contributed by atoms with Gasteiger partial charge in [-0.25, -0.2) is 0 Å². The molecule has 0 aliphatic heterocycles. The Bertz CT molecular complexity index is 680. The third-order valence-corrected chi connectivity index (χ3v) is 4.52. The second kappa shape index (κ2) is 4.46. The van der Waals surface area contributed by atoms with Crippen LogP contribution in [-0.2, 0) is 14.3 Å². The molecule has 2 aromatic rings. The van der Waals surface area contributed by atoms with Crippen LogP contribution in [0.1, 0.15) is 0 Å². The minimum atomic E-state index is -3.86. The number of benzene rings is 2.